The van der Waals surface area contributed by atoms with Gasteiger partial charge in [0.15, 0.2) is 0 Å². The Morgan fingerprint density at radius 2 is 0.520 bits per heavy atom. The van der Waals surface area contributed by atoms with Gasteiger partial charge in [-0.25, -0.2) is 0 Å². The van der Waals surface area contributed by atoms with Crippen molar-refractivity contribution in [3.05, 3.63) is 120 Å². The van der Waals surface area contributed by atoms with Crippen LogP contribution in [0.25, 0.3) is 22.3 Å². The molecule has 0 bridgehead atoms. The standard InChI is InChI=1S/2C24H34.Li.H2O.H/c2*1-2-3-4-5-6-7-8-9-10-12-15-22-18-20-24(21-19-22)23-16-13-11-14-17-23;;;/h2*11,13-14,16-21H,2-10,12,15H2,1H3;;1H2;. The van der Waals surface area contributed by atoms with Crippen LogP contribution in [0.5, 0.6) is 0 Å². The maximum absolute atomic E-state index is 2.30. The molecule has 4 aromatic rings. The first-order valence-corrected chi connectivity index (χ1v) is 20.1. The zero-order chi connectivity index (χ0) is 33.7. The Balaban J connectivity index is 0.000000481. The summed E-state index contributed by atoms with van der Waals surface area (Å²) in [6, 6.07) is 39.5. The Bertz CT molecular complexity index is 1160. The Kier molecular flexibility index (Phi) is 28.4. The van der Waals surface area contributed by atoms with E-state index in [9.17, 15) is 0 Å². The molecule has 0 amide bonds. The third-order valence-electron chi connectivity index (χ3n) is 9.76. The molecule has 270 valence electrons. The van der Waals surface area contributed by atoms with E-state index in [1.807, 2.05) is 0 Å². The van der Waals surface area contributed by atoms with Crippen LogP contribution in [-0.2, 0) is 12.8 Å². The van der Waals surface area contributed by atoms with Gasteiger partial charge in [-0.1, -0.05) is 239 Å². The summed E-state index contributed by atoms with van der Waals surface area (Å²) in [7, 11) is 0. The van der Waals surface area contributed by atoms with Gasteiger partial charge < -0.3 is 5.48 Å². The monoisotopic (exact) mass is 671 g/mol. The second-order valence-corrected chi connectivity index (χ2v) is 14.0. The van der Waals surface area contributed by atoms with E-state index in [0.717, 1.165) is 0 Å². The quantitative estimate of drug-likeness (QED) is 0.0525. The van der Waals surface area contributed by atoms with Gasteiger partial charge in [-0.3, -0.25) is 0 Å². The third-order valence-corrected chi connectivity index (χ3v) is 9.76. The van der Waals surface area contributed by atoms with E-state index in [2.05, 4.69) is 123 Å². The van der Waals surface area contributed by atoms with Crippen molar-refractivity contribution in [3.63, 3.8) is 0 Å². The van der Waals surface area contributed by atoms with Crippen molar-refractivity contribution < 1.29 is 5.48 Å². The van der Waals surface area contributed by atoms with Gasteiger partial charge >= 0.3 is 18.9 Å². The summed E-state index contributed by atoms with van der Waals surface area (Å²) in [5.41, 5.74) is 8.22. The average Bonchev–Trinajstić information content (AvgIpc) is 3.15. The molecule has 0 saturated carbocycles. The van der Waals surface area contributed by atoms with Gasteiger partial charge in [-0.05, 0) is 59.1 Å². The normalized spacial score (nSPS) is 10.4. The first-order chi connectivity index (χ1) is 23.8. The minimum atomic E-state index is 0. The first-order valence-electron chi connectivity index (χ1n) is 20.1. The Labute approximate surface area is 320 Å². The molecule has 2 heteroatoms. The van der Waals surface area contributed by atoms with Gasteiger partial charge in [0.2, 0.25) is 0 Å². The van der Waals surface area contributed by atoms with Crippen molar-refractivity contribution in [2.45, 2.75) is 155 Å². The van der Waals surface area contributed by atoms with Crippen LogP contribution in [0.15, 0.2) is 109 Å². The zero-order valence-electron chi connectivity index (χ0n) is 31.4. The molecule has 0 aromatic heterocycles. The van der Waals surface area contributed by atoms with Crippen molar-refractivity contribution in [3.8, 4) is 22.3 Å². The molecule has 0 aliphatic heterocycles. The zero-order valence-corrected chi connectivity index (χ0v) is 31.4. The molecule has 0 heterocycles. The van der Waals surface area contributed by atoms with Crippen LogP contribution in [0.1, 0.15) is 153 Å². The SMILES string of the molecule is CCCCCCCCCCCCc1ccc(-c2ccccc2)cc1.CCCCCCCCCCCCc1ccc(-c2ccccc2)cc1.O.[LiH]. The van der Waals surface area contributed by atoms with Crippen molar-refractivity contribution in [2.75, 3.05) is 0 Å². The molecule has 2 N–H and O–H groups in total. The maximum atomic E-state index is 2.30. The molecular weight excluding hydrogens is 599 g/mol. The van der Waals surface area contributed by atoms with Crippen LogP contribution < -0.4 is 0 Å². The molecule has 0 atom stereocenters. The number of benzene rings is 4. The van der Waals surface area contributed by atoms with Crippen LogP contribution >= 0.6 is 0 Å². The van der Waals surface area contributed by atoms with Crippen molar-refractivity contribution in [2.24, 2.45) is 0 Å². The van der Waals surface area contributed by atoms with Crippen LogP contribution in [-0.4, -0.2) is 24.3 Å². The van der Waals surface area contributed by atoms with Gasteiger partial charge in [0.1, 0.15) is 0 Å². The molecule has 4 rings (SSSR count). The fourth-order valence-corrected chi connectivity index (χ4v) is 6.62. The number of hydrogen-bond acceptors (Lipinski definition) is 0. The van der Waals surface area contributed by atoms with Crippen molar-refractivity contribution in [1.82, 2.24) is 0 Å². The number of unbranched alkanes of at least 4 members (excludes halogenated alkanes) is 18. The molecule has 0 aliphatic rings. The number of hydrogen-bond donors (Lipinski definition) is 0. The van der Waals surface area contributed by atoms with Gasteiger partial charge in [-0.2, -0.15) is 0 Å². The van der Waals surface area contributed by atoms with Gasteiger partial charge in [0.05, 0.1) is 0 Å². The van der Waals surface area contributed by atoms with Crippen molar-refractivity contribution >= 4 is 18.9 Å². The summed E-state index contributed by atoms with van der Waals surface area (Å²) in [4.78, 5) is 0. The van der Waals surface area contributed by atoms with Gasteiger partial charge in [-0.15, -0.1) is 0 Å². The minimum absolute atomic E-state index is 0. The Morgan fingerprint density at radius 3 is 0.800 bits per heavy atom. The van der Waals surface area contributed by atoms with Crippen LogP contribution in [0.3, 0.4) is 0 Å². The van der Waals surface area contributed by atoms with Crippen LogP contribution in [0.4, 0.5) is 0 Å². The molecule has 0 fully saturated rings. The summed E-state index contributed by atoms with van der Waals surface area (Å²) in [6.07, 6.45) is 30.7. The van der Waals surface area contributed by atoms with E-state index in [1.54, 1.807) is 0 Å². The summed E-state index contributed by atoms with van der Waals surface area (Å²) in [6.45, 7) is 4.57. The molecule has 0 radical (unpaired) electrons. The van der Waals surface area contributed by atoms with Gasteiger partial charge in [0, 0.05) is 0 Å². The second kappa shape index (κ2) is 31.2. The first kappa shape index (κ1) is 45.5. The van der Waals surface area contributed by atoms with Gasteiger partial charge in [0.25, 0.3) is 0 Å². The topological polar surface area (TPSA) is 31.5 Å². The molecular formula is C48H71LiO. The van der Waals surface area contributed by atoms with E-state index in [4.69, 9.17) is 0 Å². The molecule has 0 spiro atoms. The summed E-state index contributed by atoms with van der Waals surface area (Å²) in [5.74, 6) is 0. The summed E-state index contributed by atoms with van der Waals surface area (Å²) >= 11 is 0. The molecule has 1 nitrogen and oxygen atoms in total. The number of rotatable bonds is 24. The molecule has 0 aliphatic carbocycles. The Hall–Kier alpha value is -2.56. The van der Waals surface area contributed by atoms with E-state index in [1.165, 1.54) is 175 Å². The summed E-state index contributed by atoms with van der Waals surface area (Å²) < 4.78 is 0. The second-order valence-electron chi connectivity index (χ2n) is 14.0. The van der Waals surface area contributed by atoms with E-state index in [-0.39, 0.29) is 24.3 Å². The number of aryl methyl sites for hydroxylation is 2. The predicted molar refractivity (Wildman–Crippen MR) is 226 cm³/mol. The molecule has 0 saturated heterocycles. The van der Waals surface area contributed by atoms with E-state index < -0.39 is 0 Å². The summed E-state index contributed by atoms with van der Waals surface area (Å²) in [5, 5.41) is 0. The third kappa shape index (κ3) is 21.0. The van der Waals surface area contributed by atoms with E-state index >= 15 is 0 Å². The molecule has 4 aromatic carbocycles. The van der Waals surface area contributed by atoms with Crippen LogP contribution in [0, 0.1) is 0 Å². The van der Waals surface area contributed by atoms with Crippen LogP contribution in [0.2, 0.25) is 0 Å². The molecule has 0 unspecified atom stereocenters. The predicted octanol–water partition coefficient (Wildman–Crippen LogP) is 14.2. The fourth-order valence-electron chi connectivity index (χ4n) is 6.62. The van der Waals surface area contributed by atoms with Crippen molar-refractivity contribution in [1.29, 1.82) is 0 Å². The molecule has 50 heavy (non-hydrogen) atoms. The fraction of sp³-hybridized carbons (Fsp3) is 0.500. The van der Waals surface area contributed by atoms with E-state index in [0.29, 0.717) is 0 Å². The average molecular weight is 671 g/mol. The Morgan fingerprint density at radius 1 is 0.280 bits per heavy atom.